The summed E-state index contributed by atoms with van der Waals surface area (Å²) in [5, 5.41) is 3.41. The molecule has 0 aliphatic carbocycles. The van der Waals surface area contributed by atoms with Gasteiger partial charge in [-0.05, 0) is 62.4 Å². The summed E-state index contributed by atoms with van der Waals surface area (Å²) in [4.78, 5) is 0. The maximum Gasteiger partial charge on any atom is 0.0204 e. The second-order valence-electron chi connectivity index (χ2n) is 4.48. The highest BCUT2D eigenvalue weighted by Gasteiger charge is 2.13. The second kappa shape index (κ2) is 5.13. The molecule has 1 fully saturated rings. The largest absolute Gasteiger partial charge is 0.317 e. The van der Waals surface area contributed by atoms with Gasteiger partial charge in [0.05, 0.1) is 0 Å². The average molecular weight is 268 g/mol. The lowest BCUT2D eigenvalue weighted by Crippen LogP contribution is -2.28. The summed E-state index contributed by atoms with van der Waals surface area (Å²) < 4.78 is 1.22. The number of nitrogens with one attached hydrogen (secondary N) is 1. The molecule has 15 heavy (non-hydrogen) atoms. The van der Waals surface area contributed by atoms with E-state index < -0.39 is 0 Å². The number of hydrogen-bond donors (Lipinski definition) is 1. The summed E-state index contributed by atoms with van der Waals surface area (Å²) in [6, 6.07) is 6.73. The molecule has 0 aromatic heterocycles. The first-order valence-electron chi connectivity index (χ1n) is 5.71. The highest BCUT2D eigenvalue weighted by molar-refractivity contribution is 9.10. The smallest absolute Gasteiger partial charge is 0.0204 e. The van der Waals surface area contributed by atoms with E-state index in [1.165, 1.54) is 48.0 Å². The zero-order valence-corrected chi connectivity index (χ0v) is 10.8. The predicted octanol–water partition coefficient (Wildman–Crippen LogP) is 3.30. The van der Waals surface area contributed by atoms with Gasteiger partial charge in [0.2, 0.25) is 0 Å². The molecule has 0 saturated carbocycles. The zero-order chi connectivity index (χ0) is 10.7. The Bertz CT molecular complexity index is 329. The van der Waals surface area contributed by atoms with Gasteiger partial charge in [-0.1, -0.05) is 28.1 Å². The van der Waals surface area contributed by atoms with Crippen LogP contribution in [-0.4, -0.2) is 13.1 Å². The Morgan fingerprint density at radius 1 is 1.33 bits per heavy atom. The third-order valence-corrected chi connectivity index (χ3v) is 4.10. The third kappa shape index (κ3) is 3.05. The maximum absolute atomic E-state index is 3.54. The van der Waals surface area contributed by atoms with E-state index in [1.54, 1.807) is 0 Å². The van der Waals surface area contributed by atoms with E-state index in [9.17, 15) is 0 Å². The predicted molar refractivity (Wildman–Crippen MR) is 68.2 cm³/mol. The van der Waals surface area contributed by atoms with Crippen LogP contribution < -0.4 is 5.32 Å². The standard InChI is InChI=1S/C13H18BrN/c1-10-8-12(2-3-13(10)14)9-11-4-6-15-7-5-11/h2-3,8,11,15H,4-7,9H2,1H3. The van der Waals surface area contributed by atoms with Gasteiger partial charge in [0.25, 0.3) is 0 Å². The van der Waals surface area contributed by atoms with Gasteiger partial charge in [0, 0.05) is 4.47 Å². The van der Waals surface area contributed by atoms with Crippen molar-refractivity contribution in [1.29, 1.82) is 0 Å². The van der Waals surface area contributed by atoms with Crippen molar-refractivity contribution >= 4 is 15.9 Å². The van der Waals surface area contributed by atoms with Crippen LogP contribution in [0.25, 0.3) is 0 Å². The molecule has 1 heterocycles. The molecule has 0 amide bonds. The summed E-state index contributed by atoms with van der Waals surface area (Å²) in [6.07, 6.45) is 3.90. The number of rotatable bonds is 2. The van der Waals surface area contributed by atoms with E-state index in [0.29, 0.717) is 0 Å². The quantitative estimate of drug-likeness (QED) is 0.867. The molecule has 2 rings (SSSR count). The zero-order valence-electron chi connectivity index (χ0n) is 9.22. The van der Waals surface area contributed by atoms with Crippen LogP contribution in [0.1, 0.15) is 24.0 Å². The molecule has 1 nitrogen and oxygen atoms in total. The molecule has 1 aromatic carbocycles. The fourth-order valence-corrected chi connectivity index (χ4v) is 2.50. The lowest BCUT2D eigenvalue weighted by Gasteiger charge is -2.22. The molecule has 0 atom stereocenters. The Labute approximate surface area is 100 Å². The SMILES string of the molecule is Cc1cc(CC2CCNCC2)ccc1Br. The Morgan fingerprint density at radius 3 is 2.73 bits per heavy atom. The van der Waals surface area contributed by atoms with Crippen LogP contribution in [0.15, 0.2) is 22.7 Å². The number of halogens is 1. The Hall–Kier alpha value is -0.340. The highest BCUT2D eigenvalue weighted by atomic mass is 79.9. The summed E-state index contributed by atoms with van der Waals surface area (Å²) in [5.41, 5.74) is 2.84. The van der Waals surface area contributed by atoms with Gasteiger partial charge in [-0.2, -0.15) is 0 Å². The Balaban J connectivity index is 2.00. The summed E-state index contributed by atoms with van der Waals surface area (Å²) in [7, 11) is 0. The minimum atomic E-state index is 0.881. The van der Waals surface area contributed by atoms with Gasteiger partial charge in [-0.15, -0.1) is 0 Å². The second-order valence-corrected chi connectivity index (χ2v) is 5.34. The van der Waals surface area contributed by atoms with E-state index >= 15 is 0 Å². The minimum absolute atomic E-state index is 0.881. The van der Waals surface area contributed by atoms with Crippen molar-refractivity contribution in [3.8, 4) is 0 Å². The van der Waals surface area contributed by atoms with Gasteiger partial charge in [0.1, 0.15) is 0 Å². The molecule has 1 saturated heterocycles. The van der Waals surface area contributed by atoms with Crippen molar-refractivity contribution in [2.45, 2.75) is 26.2 Å². The fraction of sp³-hybridized carbons (Fsp3) is 0.538. The van der Waals surface area contributed by atoms with Crippen molar-refractivity contribution in [3.05, 3.63) is 33.8 Å². The van der Waals surface area contributed by atoms with Crippen LogP contribution in [-0.2, 0) is 6.42 Å². The van der Waals surface area contributed by atoms with Gasteiger partial charge >= 0.3 is 0 Å². The van der Waals surface area contributed by atoms with Crippen molar-refractivity contribution < 1.29 is 0 Å². The van der Waals surface area contributed by atoms with Crippen LogP contribution in [0.4, 0.5) is 0 Å². The van der Waals surface area contributed by atoms with Crippen LogP contribution in [0, 0.1) is 12.8 Å². The number of hydrogen-bond acceptors (Lipinski definition) is 1. The molecule has 0 bridgehead atoms. The Kier molecular flexibility index (Phi) is 3.81. The topological polar surface area (TPSA) is 12.0 Å². The van der Waals surface area contributed by atoms with Crippen molar-refractivity contribution in [3.63, 3.8) is 0 Å². The van der Waals surface area contributed by atoms with Crippen molar-refractivity contribution in [1.82, 2.24) is 5.32 Å². The maximum atomic E-state index is 3.54. The lowest BCUT2D eigenvalue weighted by molar-refractivity contribution is 0.372. The van der Waals surface area contributed by atoms with E-state index in [-0.39, 0.29) is 0 Å². The van der Waals surface area contributed by atoms with Crippen LogP contribution in [0.2, 0.25) is 0 Å². The molecule has 0 spiro atoms. The first-order chi connectivity index (χ1) is 7.25. The fourth-order valence-electron chi connectivity index (χ4n) is 2.25. The van der Waals surface area contributed by atoms with Crippen LogP contribution >= 0.6 is 15.9 Å². The van der Waals surface area contributed by atoms with E-state index in [0.717, 1.165) is 5.92 Å². The molecule has 1 aliphatic rings. The molecule has 82 valence electrons. The van der Waals surface area contributed by atoms with E-state index in [4.69, 9.17) is 0 Å². The van der Waals surface area contributed by atoms with Crippen molar-refractivity contribution in [2.24, 2.45) is 5.92 Å². The first kappa shape index (κ1) is 11.2. The van der Waals surface area contributed by atoms with Gasteiger partial charge in [0.15, 0.2) is 0 Å². The van der Waals surface area contributed by atoms with Crippen LogP contribution in [0.3, 0.4) is 0 Å². The summed E-state index contributed by atoms with van der Waals surface area (Å²) >= 11 is 3.54. The minimum Gasteiger partial charge on any atom is -0.317 e. The third-order valence-electron chi connectivity index (χ3n) is 3.21. The molecule has 0 unspecified atom stereocenters. The number of aryl methyl sites for hydroxylation is 1. The van der Waals surface area contributed by atoms with E-state index in [1.807, 2.05) is 0 Å². The molecule has 1 aromatic rings. The van der Waals surface area contributed by atoms with Crippen LogP contribution in [0.5, 0.6) is 0 Å². The molecule has 1 aliphatic heterocycles. The Morgan fingerprint density at radius 2 is 2.07 bits per heavy atom. The van der Waals surface area contributed by atoms with Gasteiger partial charge in [-0.25, -0.2) is 0 Å². The molecule has 1 N–H and O–H groups in total. The number of piperidine rings is 1. The highest BCUT2D eigenvalue weighted by Crippen LogP contribution is 2.22. The molecule has 0 radical (unpaired) electrons. The normalized spacial score (nSPS) is 18.0. The van der Waals surface area contributed by atoms with Gasteiger partial charge in [-0.3, -0.25) is 0 Å². The van der Waals surface area contributed by atoms with E-state index in [2.05, 4.69) is 46.4 Å². The molecular weight excluding hydrogens is 250 g/mol. The summed E-state index contributed by atoms with van der Waals surface area (Å²) in [5.74, 6) is 0.881. The summed E-state index contributed by atoms with van der Waals surface area (Å²) in [6.45, 7) is 4.55. The average Bonchev–Trinajstić information content (AvgIpc) is 2.25. The molecular formula is C13H18BrN. The first-order valence-corrected chi connectivity index (χ1v) is 6.51. The molecule has 2 heteroatoms. The monoisotopic (exact) mass is 267 g/mol. The number of benzene rings is 1. The lowest BCUT2D eigenvalue weighted by atomic mass is 9.90. The van der Waals surface area contributed by atoms with Crippen molar-refractivity contribution in [2.75, 3.05) is 13.1 Å². The van der Waals surface area contributed by atoms with Gasteiger partial charge < -0.3 is 5.32 Å².